The average molecular weight is 404 g/mol. The molecule has 0 aliphatic carbocycles. The molecule has 1 saturated heterocycles. The zero-order chi connectivity index (χ0) is 20.1. The molecule has 0 amide bonds. The van der Waals surface area contributed by atoms with Crippen molar-refractivity contribution in [1.29, 1.82) is 0 Å². The van der Waals surface area contributed by atoms with E-state index in [1.807, 2.05) is 36.6 Å². The summed E-state index contributed by atoms with van der Waals surface area (Å²) in [5.74, 6) is 1.64. The van der Waals surface area contributed by atoms with Crippen LogP contribution in [0.2, 0.25) is 0 Å². The Hall–Kier alpha value is -2.43. The van der Waals surface area contributed by atoms with Crippen molar-refractivity contribution in [2.75, 3.05) is 45.2 Å². The normalized spacial score (nSPS) is 16.4. The summed E-state index contributed by atoms with van der Waals surface area (Å²) in [5, 5.41) is 4.71. The Kier molecular flexibility index (Phi) is 4.64. The smallest absolute Gasteiger partial charge is 0.281 e. The highest BCUT2D eigenvalue weighted by Gasteiger charge is 2.30. The van der Waals surface area contributed by atoms with E-state index >= 15 is 0 Å². The van der Waals surface area contributed by atoms with Gasteiger partial charge in [-0.25, -0.2) is 4.98 Å². The minimum Gasteiger partial charge on any atom is -0.463 e. The molecule has 9 nitrogen and oxygen atoms in total. The topological polar surface area (TPSA) is 87.2 Å². The Morgan fingerprint density at radius 2 is 1.86 bits per heavy atom. The maximum atomic E-state index is 12.4. The lowest BCUT2D eigenvalue weighted by Gasteiger charge is -2.37. The number of nitrogens with zero attached hydrogens (tertiary/aromatic N) is 6. The first-order chi connectivity index (χ1) is 13.3. The Morgan fingerprint density at radius 1 is 1.14 bits per heavy atom. The van der Waals surface area contributed by atoms with E-state index < -0.39 is 10.2 Å². The van der Waals surface area contributed by atoms with Crippen molar-refractivity contribution in [3.8, 4) is 11.5 Å². The van der Waals surface area contributed by atoms with E-state index in [9.17, 15) is 8.42 Å². The number of rotatable bonds is 4. The van der Waals surface area contributed by atoms with Crippen LogP contribution in [-0.2, 0) is 10.2 Å². The van der Waals surface area contributed by atoms with E-state index in [0.29, 0.717) is 31.9 Å². The third-order valence-corrected chi connectivity index (χ3v) is 7.09. The summed E-state index contributed by atoms with van der Waals surface area (Å²) in [4.78, 5) is 6.84. The monoisotopic (exact) mass is 404 g/mol. The van der Waals surface area contributed by atoms with E-state index in [0.717, 1.165) is 28.4 Å². The fourth-order valence-corrected chi connectivity index (χ4v) is 4.55. The van der Waals surface area contributed by atoms with Crippen LogP contribution in [0.1, 0.15) is 11.3 Å². The van der Waals surface area contributed by atoms with Crippen LogP contribution in [0.4, 0.5) is 5.82 Å². The maximum absolute atomic E-state index is 12.4. The molecule has 150 valence electrons. The summed E-state index contributed by atoms with van der Waals surface area (Å²) in [6.45, 7) is 6.02. The fraction of sp³-hybridized carbons (Fsp3) is 0.444. The van der Waals surface area contributed by atoms with Crippen LogP contribution >= 0.6 is 0 Å². The van der Waals surface area contributed by atoms with Crippen molar-refractivity contribution in [2.24, 2.45) is 0 Å². The molecule has 1 fully saturated rings. The Bertz CT molecular complexity index is 1100. The molecule has 1 aliphatic heterocycles. The van der Waals surface area contributed by atoms with Crippen molar-refractivity contribution >= 4 is 21.7 Å². The van der Waals surface area contributed by atoms with Gasteiger partial charge in [-0.15, -0.1) is 0 Å². The number of aromatic nitrogens is 3. The minimum absolute atomic E-state index is 0.426. The second kappa shape index (κ2) is 6.87. The van der Waals surface area contributed by atoms with Gasteiger partial charge in [-0.3, -0.25) is 0 Å². The van der Waals surface area contributed by atoms with Crippen molar-refractivity contribution in [1.82, 2.24) is 23.2 Å². The summed E-state index contributed by atoms with van der Waals surface area (Å²) in [6, 6.07) is 5.60. The van der Waals surface area contributed by atoms with Gasteiger partial charge in [-0.05, 0) is 26.0 Å². The highest BCUT2D eigenvalue weighted by molar-refractivity contribution is 7.86. The second-order valence-corrected chi connectivity index (χ2v) is 9.24. The highest BCUT2D eigenvalue weighted by atomic mass is 32.2. The van der Waals surface area contributed by atoms with Crippen LogP contribution < -0.4 is 4.90 Å². The summed E-state index contributed by atoms with van der Waals surface area (Å²) in [7, 11) is -0.285. The minimum atomic E-state index is -3.40. The van der Waals surface area contributed by atoms with Crippen LogP contribution in [0.3, 0.4) is 0 Å². The lowest BCUT2D eigenvalue weighted by molar-refractivity contribution is 0.354. The molecule has 10 heteroatoms. The lowest BCUT2D eigenvalue weighted by atomic mass is 10.2. The Balaban J connectivity index is 1.70. The summed E-state index contributed by atoms with van der Waals surface area (Å²) < 4.78 is 34.9. The highest BCUT2D eigenvalue weighted by Crippen LogP contribution is 2.28. The molecule has 0 atom stereocenters. The van der Waals surface area contributed by atoms with Crippen molar-refractivity contribution in [3.05, 3.63) is 35.7 Å². The predicted molar refractivity (Wildman–Crippen MR) is 107 cm³/mol. The van der Waals surface area contributed by atoms with E-state index in [4.69, 9.17) is 9.52 Å². The molecule has 3 aromatic rings. The quantitative estimate of drug-likeness (QED) is 0.655. The van der Waals surface area contributed by atoms with Crippen LogP contribution in [0.15, 0.2) is 28.9 Å². The van der Waals surface area contributed by atoms with Gasteiger partial charge in [0.25, 0.3) is 10.2 Å². The first kappa shape index (κ1) is 18.9. The summed E-state index contributed by atoms with van der Waals surface area (Å²) in [6.07, 6.45) is 1.62. The van der Waals surface area contributed by atoms with E-state index in [1.54, 1.807) is 20.4 Å². The fourth-order valence-electron chi connectivity index (χ4n) is 3.46. The third-order valence-electron chi connectivity index (χ3n) is 5.15. The number of hydrogen-bond donors (Lipinski definition) is 0. The molecule has 1 aliphatic rings. The van der Waals surface area contributed by atoms with Crippen LogP contribution in [-0.4, -0.2) is 71.9 Å². The van der Waals surface area contributed by atoms with E-state index in [-0.39, 0.29) is 0 Å². The standard InChI is InChI=1S/C18H24N6O3S/c1-13-14(2)19-17-12-15(16-6-5-11-27-16)20-24(17)18(13)22-7-9-23(10-8-22)28(25,26)21(3)4/h5-6,11-12H,7-10H2,1-4H3. The van der Waals surface area contributed by atoms with Gasteiger partial charge in [0.1, 0.15) is 11.5 Å². The number of anilines is 1. The second-order valence-electron chi connectivity index (χ2n) is 7.10. The van der Waals surface area contributed by atoms with Gasteiger partial charge < -0.3 is 9.32 Å². The van der Waals surface area contributed by atoms with Crippen molar-refractivity contribution in [2.45, 2.75) is 13.8 Å². The number of hydrogen-bond acceptors (Lipinski definition) is 6. The Morgan fingerprint density at radius 3 is 2.46 bits per heavy atom. The molecule has 3 aromatic heterocycles. The molecule has 0 aromatic carbocycles. The molecule has 0 saturated carbocycles. The molecule has 0 unspecified atom stereocenters. The first-order valence-electron chi connectivity index (χ1n) is 9.12. The summed E-state index contributed by atoms with van der Waals surface area (Å²) >= 11 is 0. The van der Waals surface area contributed by atoms with Crippen molar-refractivity contribution < 1.29 is 12.8 Å². The average Bonchev–Trinajstić information content (AvgIpc) is 3.32. The van der Waals surface area contributed by atoms with Crippen LogP contribution in [0.5, 0.6) is 0 Å². The Labute approximate surface area is 164 Å². The third kappa shape index (κ3) is 3.07. The predicted octanol–water partition coefficient (Wildman–Crippen LogP) is 1.53. The molecule has 28 heavy (non-hydrogen) atoms. The van der Waals surface area contributed by atoms with Crippen molar-refractivity contribution in [3.63, 3.8) is 0 Å². The molecular weight excluding hydrogens is 380 g/mol. The zero-order valence-corrected chi connectivity index (χ0v) is 17.3. The largest absolute Gasteiger partial charge is 0.463 e. The number of aryl methyl sites for hydroxylation is 1. The lowest BCUT2D eigenvalue weighted by Crippen LogP contribution is -2.52. The first-order valence-corrected chi connectivity index (χ1v) is 10.5. The number of furan rings is 1. The zero-order valence-electron chi connectivity index (χ0n) is 16.5. The number of piperazine rings is 1. The van der Waals surface area contributed by atoms with E-state index in [2.05, 4.69) is 9.88 Å². The van der Waals surface area contributed by atoms with Gasteiger partial charge in [0, 0.05) is 57.6 Å². The van der Waals surface area contributed by atoms with Gasteiger partial charge in [0.05, 0.1) is 6.26 Å². The molecule has 0 spiro atoms. The van der Waals surface area contributed by atoms with Crippen LogP contribution in [0.25, 0.3) is 17.1 Å². The number of fused-ring (bicyclic) bond motifs is 1. The molecular formula is C18H24N6O3S. The molecule has 4 heterocycles. The van der Waals surface area contributed by atoms with Gasteiger partial charge in [-0.2, -0.15) is 26.6 Å². The van der Waals surface area contributed by atoms with Gasteiger partial charge in [0.2, 0.25) is 0 Å². The maximum Gasteiger partial charge on any atom is 0.281 e. The van der Waals surface area contributed by atoms with E-state index in [1.165, 1.54) is 8.61 Å². The van der Waals surface area contributed by atoms with Gasteiger partial charge >= 0.3 is 0 Å². The van der Waals surface area contributed by atoms with Crippen LogP contribution in [0, 0.1) is 13.8 Å². The molecule has 4 rings (SSSR count). The van der Waals surface area contributed by atoms with Gasteiger partial charge in [-0.1, -0.05) is 0 Å². The SMILES string of the molecule is Cc1nc2cc(-c3ccco3)nn2c(N2CCN(S(=O)(=O)N(C)C)CC2)c1C. The molecule has 0 bridgehead atoms. The molecule has 0 N–H and O–H groups in total. The molecule has 0 radical (unpaired) electrons. The van der Waals surface area contributed by atoms with Gasteiger partial charge in [0.15, 0.2) is 11.4 Å². The summed E-state index contributed by atoms with van der Waals surface area (Å²) in [5.41, 5.74) is 3.42.